The zero-order chi connectivity index (χ0) is 7.56. The van der Waals surface area contributed by atoms with Crippen molar-refractivity contribution in [3.63, 3.8) is 0 Å². The van der Waals surface area contributed by atoms with Gasteiger partial charge in [0, 0.05) is 3.57 Å². The Morgan fingerprint density at radius 1 is 1.50 bits per heavy atom. The van der Waals surface area contributed by atoms with Crippen molar-refractivity contribution < 1.29 is 4.39 Å². The van der Waals surface area contributed by atoms with E-state index in [2.05, 4.69) is 4.85 Å². The van der Waals surface area contributed by atoms with Gasteiger partial charge in [-0.3, -0.25) is 0 Å². The minimum absolute atomic E-state index is 0.295. The van der Waals surface area contributed by atoms with Crippen molar-refractivity contribution in [2.75, 3.05) is 0 Å². The summed E-state index contributed by atoms with van der Waals surface area (Å²) in [5, 5.41) is 0. The number of benzene rings is 1. The van der Waals surface area contributed by atoms with E-state index in [-0.39, 0.29) is 5.82 Å². The highest BCUT2D eigenvalue weighted by atomic mass is 127. The molecule has 3 heteroatoms. The molecule has 1 nitrogen and oxygen atoms in total. The van der Waals surface area contributed by atoms with Gasteiger partial charge in [-0.2, -0.15) is 0 Å². The monoisotopic (exact) mass is 247 g/mol. The first-order valence-electron chi connectivity index (χ1n) is 2.56. The summed E-state index contributed by atoms with van der Waals surface area (Å²) in [6.07, 6.45) is 0. The molecule has 0 aliphatic heterocycles. The smallest absolute Gasteiger partial charge is 0.200 e. The molecule has 0 atom stereocenters. The Hall–Kier alpha value is -0.630. The second-order valence-corrected chi connectivity index (χ2v) is 2.87. The summed E-state index contributed by atoms with van der Waals surface area (Å²) in [7, 11) is 0. The summed E-state index contributed by atoms with van der Waals surface area (Å²) < 4.78 is 13.0. The molecular formula is C7H3FIN. The molecule has 0 N–H and O–H groups in total. The van der Waals surface area contributed by atoms with Crippen LogP contribution >= 0.6 is 22.6 Å². The Balaban J connectivity index is 3.23. The Morgan fingerprint density at radius 3 is 2.70 bits per heavy atom. The lowest BCUT2D eigenvalue weighted by Crippen LogP contribution is -1.74. The van der Waals surface area contributed by atoms with Crippen LogP contribution in [0.4, 0.5) is 10.1 Å². The van der Waals surface area contributed by atoms with Gasteiger partial charge in [-0.25, -0.2) is 9.24 Å². The van der Waals surface area contributed by atoms with E-state index in [4.69, 9.17) is 6.57 Å². The largest absolute Gasteiger partial charge is 0.237 e. The average molecular weight is 247 g/mol. The molecule has 0 aromatic heterocycles. The molecule has 0 spiro atoms. The maximum absolute atomic E-state index is 12.4. The number of rotatable bonds is 0. The third-order valence-corrected chi connectivity index (χ3v) is 1.89. The molecule has 0 bridgehead atoms. The number of nitrogens with zero attached hydrogens (tertiary/aromatic N) is 1. The second-order valence-electron chi connectivity index (χ2n) is 1.71. The highest BCUT2D eigenvalue weighted by molar-refractivity contribution is 14.1. The van der Waals surface area contributed by atoms with E-state index in [1.54, 1.807) is 0 Å². The van der Waals surface area contributed by atoms with Crippen molar-refractivity contribution in [2.45, 2.75) is 0 Å². The zero-order valence-electron chi connectivity index (χ0n) is 4.94. The molecule has 50 valence electrons. The highest BCUT2D eigenvalue weighted by Crippen LogP contribution is 2.21. The standard InChI is InChI=1S/C7H3FIN/c1-10-7-3-2-5(8)4-6(7)9/h2-4H. The lowest BCUT2D eigenvalue weighted by Gasteiger charge is -1.92. The predicted octanol–water partition coefficient (Wildman–Crippen LogP) is 2.98. The quantitative estimate of drug-likeness (QED) is 0.490. The van der Waals surface area contributed by atoms with Gasteiger partial charge in [0.25, 0.3) is 0 Å². The molecule has 0 aliphatic carbocycles. The fraction of sp³-hybridized carbons (Fsp3) is 0. The molecule has 0 saturated heterocycles. The minimum Gasteiger partial charge on any atom is -0.237 e. The fourth-order valence-electron chi connectivity index (χ4n) is 0.572. The number of hydrogen-bond acceptors (Lipinski definition) is 0. The molecule has 0 amide bonds. The molecule has 0 radical (unpaired) electrons. The van der Waals surface area contributed by atoms with Gasteiger partial charge >= 0.3 is 0 Å². The van der Waals surface area contributed by atoms with Crippen LogP contribution in [0.5, 0.6) is 0 Å². The van der Waals surface area contributed by atoms with Crippen LogP contribution in [-0.2, 0) is 0 Å². The van der Waals surface area contributed by atoms with Crippen LogP contribution < -0.4 is 0 Å². The fourth-order valence-corrected chi connectivity index (χ4v) is 1.17. The molecule has 0 unspecified atom stereocenters. The minimum atomic E-state index is -0.295. The van der Waals surface area contributed by atoms with Crippen molar-refractivity contribution in [1.29, 1.82) is 0 Å². The molecule has 0 heterocycles. The lowest BCUT2D eigenvalue weighted by atomic mass is 10.3. The molecule has 0 fully saturated rings. The Labute approximate surface area is 71.8 Å². The van der Waals surface area contributed by atoms with Crippen LogP contribution in [-0.4, -0.2) is 0 Å². The second kappa shape index (κ2) is 2.97. The first kappa shape index (κ1) is 7.48. The molecule has 1 aromatic rings. The van der Waals surface area contributed by atoms with Crippen LogP contribution in [0.3, 0.4) is 0 Å². The lowest BCUT2D eigenvalue weighted by molar-refractivity contribution is 0.627. The van der Waals surface area contributed by atoms with E-state index in [0.717, 1.165) is 0 Å². The maximum Gasteiger partial charge on any atom is 0.200 e. The van der Waals surface area contributed by atoms with Crippen molar-refractivity contribution in [3.05, 3.63) is 39.0 Å². The first-order valence-corrected chi connectivity index (χ1v) is 3.64. The number of hydrogen-bond donors (Lipinski definition) is 0. The van der Waals surface area contributed by atoms with Gasteiger partial charge in [0.05, 0.1) is 6.57 Å². The van der Waals surface area contributed by atoms with Crippen molar-refractivity contribution >= 4 is 28.3 Å². The van der Waals surface area contributed by atoms with Crippen LogP contribution in [0.2, 0.25) is 0 Å². The molecule has 1 aromatic carbocycles. The Morgan fingerprint density at radius 2 is 2.20 bits per heavy atom. The van der Waals surface area contributed by atoms with Gasteiger partial charge in [0.1, 0.15) is 5.82 Å². The summed E-state index contributed by atoms with van der Waals surface area (Å²) in [6, 6.07) is 4.10. The topological polar surface area (TPSA) is 4.36 Å². The van der Waals surface area contributed by atoms with Gasteiger partial charge in [0.2, 0.25) is 0 Å². The van der Waals surface area contributed by atoms with Gasteiger partial charge < -0.3 is 0 Å². The van der Waals surface area contributed by atoms with E-state index in [1.165, 1.54) is 18.2 Å². The van der Waals surface area contributed by atoms with Gasteiger partial charge in [-0.15, -0.1) is 0 Å². The van der Waals surface area contributed by atoms with Crippen molar-refractivity contribution in [3.8, 4) is 0 Å². The third kappa shape index (κ3) is 1.45. The van der Waals surface area contributed by atoms with Crippen molar-refractivity contribution in [2.24, 2.45) is 0 Å². The molecule has 0 aliphatic rings. The summed E-state index contributed by atoms with van der Waals surface area (Å²) in [4.78, 5) is 3.19. The van der Waals surface area contributed by atoms with Crippen LogP contribution in [0.15, 0.2) is 18.2 Å². The summed E-state index contributed by atoms with van der Waals surface area (Å²) in [5.41, 5.74) is 0.502. The normalized spacial score (nSPS) is 8.90. The van der Waals surface area contributed by atoms with Crippen LogP contribution in [0.1, 0.15) is 0 Å². The third-order valence-electron chi connectivity index (χ3n) is 1.03. The van der Waals surface area contributed by atoms with Crippen LogP contribution in [0.25, 0.3) is 4.85 Å². The maximum atomic E-state index is 12.4. The van der Waals surface area contributed by atoms with Crippen molar-refractivity contribution in [1.82, 2.24) is 0 Å². The average Bonchev–Trinajstić information content (AvgIpc) is 1.88. The molecule has 0 saturated carbocycles. The molecule has 1 rings (SSSR count). The van der Waals surface area contributed by atoms with Gasteiger partial charge in [-0.1, -0.05) is 28.7 Å². The Bertz CT molecular complexity index is 290. The van der Waals surface area contributed by atoms with Gasteiger partial charge in [-0.05, 0) is 12.1 Å². The van der Waals surface area contributed by atoms with E-state index in [9.17, 15) is 4.39 Å². The van der Waals surface area contributed by atoms with E-state index >= 15 is 0 Å². The first-order chi connectivity index (χ1) is 4.74. The zero-order valence-corrected chi connectivity index (χ0v) is 7.09. The summed E-state index contributed by atoms with van der Waals surface area (Å²) >= 11 is 1.93. The Kier molecular flexibility index (Phi) is 2.22. The van der Waals surface area contributed by atoms with Crippen LogP contribution in [0, 0.1) is 16.0 Å². The van der Waals surface area contributed by atoms with E-state index < -0.39 is 0 Å². The highest BCUT2D eigenvalue weighted by Gasteiger charge is 1.98. The molecule has 10 heavy (non-hydrogen) atoms. The van der Waals surface area contributed by atoms with Gasteiger partial charge in [0.15, 0.2) is 5.69 Å². The SMILES string of the molecule is [C-]#[N+]c1ccc(F)cc1I. The summed E-state index contributed by atoms with van der Waals surface area (Å²) in [6.45, 7) is 6.65. The molecular weight excluding hydrogens is 244 g/mol. The number of halogens is 2. The van der Waals surface area contributed by atoms with E-state index in [1.807, 2.05) is 22.6 Å². The summed E-state index contributed by atoms with van der Waals surface area (Å²) in [5.74, 6) is -0.295. The van der Waals surface area contributed by atoms with E-state index in [0.29, 0.717) is 9.26 Å². The predicted molar refractivity (Wildman–Crippen MR) is 45.4 cm³/mol.